The van der Waals surface area contributed by atoms with E-state index >= 15 is 0 Å². The minimum atomic E-state index is -1.51. The summed E-state index contributed by atoms with van der Waals surface area (Å²) < 4.78 is 0. The minimum absolute atomic E-state index is 0.0680. The predicted octanol–water partition coefficient (Wildman–Crippen LogP) is -1.16. The van der Waals surface area contributed by atoms with Crippen LogP contribution in [-0.2, 0) is 24.0 Å². The Kier molecular flexibility index (Phi) is 11.6. The van der Waals surface area contributed by atoms with Gasteiger partial charge in [-0.3, -0.25) is 19.2 Å². The Labute approximate surface area is 176 Å². The zero-order valence-corrected chi connectivity index (χ0v) is 18.2. The highest BCUT2D eigenvalue weighted by atomic mass is 16.4. The second-order valence-corrected chi connectivity index (χ2v) is 8.23. The molecule has 0 bridgehead atoms. The highest BCUT2D eigenvalue weighted by molar-refractivity contribution is 5.94. The molecule has 0 saturated carbocycles. The first-order valence-electron chi connectivity index (χ1n) is 9.92. The van der Waals surface area contributed by atoms with Crippen LogP contribution in [0.3, 0.4) is 0 Å². The molecule has 0 aliphatic heterocycles. The summed E-state index contributed by atoms with van der Waals surface area (Å²) in [4.78, 5) is 59.3. The molecular weight excluding hydrogens is 394 g/mol. The van der Waals surface area contributed by atoms with Crippen LogP contribution in [0.5, 0.6) is 0 Å². The molecule has 11 nitrogen and oxygen atoms in total. The maximum Gasteiger partial charge on any atom is 0.326 e. The highest BCUT2D eigenvalue weighted by Gasteiger charge is 2.29. The number of carbonyl (C=O) groups is 5. The van der Waals surface area contributed by atoms with Crippen LogP contribution in [0.4, 0.5) is 0 Å². The van der Waals surface area contributed by atoms with Crippen LogP contribution in [0.1, 0.15) is 53.9 Å². The number of hydrogen-bond acceptors (Lipinski definition) is 6. The molecule has 0 aliphatic rings. The number of aliphatic carboxylic acids is 1. The van der Waals surface area contributed by atoms with Crippen molar-refractivity contribution in [3.63, 3.8) is 0 Å². The molecule has 0 aromatic heterocycles. The first kappa shape index (κ1) is 27.3. The van der Waals surface area contributed by atoms with Crippen LogP contribution in [0, 0.1) is 11.8 Å². The van der Waals surface area contributed by atoms with Crippen molar-refractivity contribution in [2.45, 2.75) is 78.0 Å². The lowest BCUT2D eigenvalue weighted by molar-refractivity contribution is -0.143. The molecule has 4 amide bonds. The number of primary amides is 1. The minimum Gasteiger partial charge on any atom is -0.480 e. The van der Waals surface area contributed by atoms with Crippen LogP contribution < -0.4 is 27.4 Å². The summed E-state index contributed by atoms with van der Waals surface area (Å²) >= 11 is 0. The Morgan fingerprint density at radius 2 is 1.27 bits per heavy atom. The van der Waals surface area contributed by atoms with Crippen molar-refractivity contribution in [1.29, 1.82) is 0 Å². The van der Waals surface area contributed by atoms with E-state index in [-0.39, 0.29) is 11.8 Å². The first-order chi connectivity index (χ1) is 13.7. The van der Waals surface area contributed by atoms with Crippen molar-refractivity contribution in [3.05, 3.63) is 0 Å². The number of hydrogen-bond donors (Lipinski definition) is 6. The van der Waals surface area contributed by atoms with Gasteiger partial charge < -0.3 is 32.5 Å². The molecule has 11 heteroatoms. The van der Waals surface area contributed by atoms with Crippen molar-refractivity contribution >= 4 is 29.6 Å². The maximum absolute atomic E-state index is 12.6. The number of amides is 4. The average Bonchev–Trinajstić information content (AvgIpc) is 2.58. The zero-order chi connectivity index (χ0) is 23.6. The zero-order valence-electron chi connectivity index (χ0n) is 18.2. The second-order valence-electron chi connectivity index (χ2n) is 8.23. The SMILES string of the molecule is CC(C)CC(N)C(=O)NC(CC(C)C)C(=O)NC(C)C(=O)NC(CC(N)=O)C(=O)O. The van der Waals surface area contributed by atoms with E-state index < -0.39 is 60.2 Å². The van der Waals surface area contributed by atoms with Crippen LogP contribution in [0.2, 0.25) is 0 Å². The fourth-order valence-corrected chi connectivity index (χ4v) is 2.67. The van der Waals surface area contributed by atoms with Gasteiger partial charge in [-0.15, -0.1) is 0 Å². The van der Waals surface area contributed by atoms with E-state index in [0.29, 0.717) is 12.8 Å². The van der Waals surface area contributed by atoms with Crippen molar-refractivity contribution in [1.82, 2.24) is 16.0 Å². The van der Waals surface area contributed by atoms with Crippen molar-refractivity contribution in [2.75, 3.05) is 0 Å². The fourth-order valence-electron chi connectivity index (χ4n) is 2.67. The molecule has 0 saturated heterocycles. The lowest BCUT2D eigenvalue weighted by Gasteiger charge is -2.24. The number of carboxylic acid groups (broad SMARTS) is 1. The summed E-state index contributed by atoms with van der Waals surface area (Å²) in [5.74, 6) is -3.91. The topological polar surface area (TPSA) is 194 Å². The highest BCUT2D eigenvalue weighted by Crippen LogP contribution is 2.08. The third-order valence-corrected chi connectivity index (χ3v) is 4.17. The third-order valence-electron chi connectivity index (χ3n) is 4.17. The van der Waals surface area contributed by atoms with Gasteiger partial charge >= 0.3 is 5.97 Å². The quantitative estimate of drug-likeness (QED) is 0.212. The monoisotopic (exact) mass is 429 g/mol. The van der Waals surface area contributed by atoms with Gasteiger partial charge in [0.25, 0.3) is 0 Å². The van der Waals surface area contributed by atoms with E-state index in [0.717, 1.165) is 0 Å². The standard InChI is InChI=1S/C19H35N5O6/c1-9(2)6-12(20)17(27)23-13(7-10(3)4)18(28)22-11(5)16(26)24-14(19(29)30)8-15(21)25/h9-14H,6-8,20H2,1-5H3,(H2,21,25)(H,22,28)(H,23,27)(H,24,26)(H,29,30). The van der Waals surface area contributed by atoms with Crippen LogP contribution in [0.15, 0.2) is 0 Å². The van der Waals surface area contributed by atoms with E-state index in [4.69, 9.17) is 16.6 Å². The number of nitrogens with one attached hydrogen (secondary N) is 3. The summed E-state index contributed by atoms with van der Waals surface area (Å²) in [5, 5.41) is 16.3. The van der Waals surface area contributed by atoms with Gasteiger partial charge in [-0.1, -0.05) is 27.7 Å². The van der Waals surface area contributed by atoms with Gasteiger partial charge in [0.1, 0.15) is 18.1 Å². The molecule has 0 heterocycles. The summed E-state index contributed by atoms with van der Waals surface area (Å²) in [6.07, 6.45) is 0.193. The van der Waals surface area contributed by atoms with Crippen LogP contribution in [0.25, 0.3) is 0 Å². The Balaban J connectivity index is 5.07. The molecule has 30 heavy (non-hydrogen) atoms. The van der Waals surface area contributed by atoms with Gasteiger partial charge in [0.05, 0.1) is 12.5 Å². The van der Waals surface area contributed by atoms with Crippen molar-refractivity contribution in [3.8, 4) is 0 Å². The summed E-state index contributed by atoms with van der Waals surface area (Å²) in [6.45, 7) is 8.95. The summed E-state index contributed by atoms with van der Waals surface area (Å²) in [5.41, 5.74) is 10.8. The van der Waals surface area contributed by atoms with Gasteiger partial charge in [0, 0.05) is 0 Å². The second kappa shape index (κ2) is 12.8. The Morgan fingerprint density at radius 1 is 0.767 bits per heavy atom. The van der Waals surface area contributed by atoms with E-state index in [1.165, 1.54) is 6.92 Å². The summed E-state index contributed by atoms with van der Waals surface area (Å²) in [7, 11) is 0. The fraction of sp³-hybridized carbons (Fsp3) is 0.737. The molecule has 0 radical (unpaired) electrons. The first-order valence-corrected chi connectivity index (χ1v) is 9.92. The van der Waals surface area contributed by atoms with Gasteiger partial charge in [-0.2, -0.15) is 0 Å². The predicted molar refractivity (Wildman–Crippen MR) is 110 cm³/mol. The van der Waals surface area contributed by atoms with E-state index in [1.54, 1.807) is 0 Å². The molecular formula is C19H35N5O6. The molecule has 0 rings (SSSR count). The van der Waals surface area contributed by atoms with E-state index in [2.05, 4.69) is 16.0 Å². The van der Waals surface area contributed by atoms with Crippen molar-refractivity contribution < 1.29 is 29.1 Å². The van der Waals surface area contributed by atoms with E-state index in [9.17, 15) is 24.0 Å². The Hall–Kier alpha value is -2.69. The number of nitrogens with two attached hydrogens (primary N) is 2. The van der Waals surface area contributed by atoms with Gasteiger partial charge in [0.2, 0.25) is 23.6 Å². The van der Waals surface area contributed by atoms with E-state index in [1.807, 2.05) is 27.7 Å². The average molecular weight is 430 g/mol. The third kappa shape index (κ3) is 10.7. The molecule has 0 aromatic carbocycles. The molecule has 4 unspecified atom stereocenters. The summed E-state index contributed by atoms with van der Waals surface area (Å²) in [6, 6.07) is -4.29. The molecule has 8 N–H and O–H groups in total. The molecule has 0 spiro atoms. The lowest BCUT2D eigenvalue weighted by atomic mass is 10.0. The largest absolute Gasteiger partial charge is 0.480 e. The van der Waals surface area contributed by atoms with Gasteiger partial charge in [0.15, 0.2) is 0 Å². The Bertz CT molecular complexity index is 637. The molecule has 4 atom stereocenters. The number of rotatable bonds is 13. The Morgan fingerprint density at radius 3 is 1.70 bits per heavy atom. The normalized spacial score (nSPS) is 15.1. The van der Waals surface area contributed by atoms with Crippen LogP contribution >= 0.6 is 0 Å². The smallest absolute Gasteiger partial charge is 0.326 e. The van der Waals surface area contributed by atoms with Gasteiger partial charge in [-0.25, -0.2) is 4.79 Å². The van der Waals surface area contributed by atoms with Crippen LogP contribution in [-0.4, -0.2) is 58.9 Å². The number of carbonyl (C=O) groups excluding carboxylic acids is 4. The molecule has 0 fully saturated rings. The molecule has 0 aliphatic carbocycles. The van der Waals surface area contributed by atoms with Gasteiger partial charge in [-0.05, 0) is 31.6 Å². The maximum atomic E-state index is 12.6. The molecule has 172 valence electrons. The number of carboxylic acids is 1. The van der Waals surface area contributed by atoms with Crippen molar-refractivity contribution in [2.24, 2.45) is 23.3 Å². The lowest BCUT2D eigenvalue weighted by Crippen LogP contribution is -2.56. The molecule has 0 aromatic rings.